The van der Waals surface area contributed by atoms with Crippen molar-refractivity contribution in [3.8, 4) is 5.75 Å². The number of rotatable bonds is 7. The quantitative estimate of drug-likeness (QED) is 0.424. The Morgan fingerprint density at radius 1 is 1.18 bits per heavy atom. The molecular formula is C32H33F3N4O6. The molecule has 5 atom stereocenters. The van der Waals surface area contributed by atoms with Crippen LogP contribution in [0.15, 0.2) is 53.5 Å². The Labute approximate surface area is 257 Å². The first-order chi connectivity index (χ1) is 21.5. The Balaban J connectivity index is 1.49. The first kappa shape index (κ1) is 30.8. The highest BCUT2D eigenvalue weighted by Gasteiger charge is 2.63. The predicted octanol–water partition coefficient (Wildman–Crippen LogP) is 3.79. The molecule has 10 nitrogen and oxygen atoms in total. The van der Waals surface area contributed by atoms with Crippen LogP contribution < -0.4 is 15.9 Å². The number of alkyl halides is 1. The van der Waals surface area contributed by atoms with Crippen molar-refractivity contribution < 1.29 is 37.1 Å². The summed E-state index contributed by atoms with van der Waals surface area (Å²) in [5, 5.41) is 1.19. The average Bonchev–Trinajstić information content (AvgIpc) is 3.19. The maximum Gasteiger partial charge on any atom is 0.274 e. The second-order valence-electron chi connectivity index (χ2n) is 11.8. The molecule has 3 aliphatic rings. The molecule has 1 aromatic heterocycles. The zero-order valence-electron chi connectivity index (χ0n) is 25.0. The molecule has 0 saturated carbocycles. The van der Waals surface area contributed by atoms with Crippen LogP contribution in [0.25, 0.3) is 0 Å². The molecule has 3 aromatic rings. The van der Waals surface area contributed by atoms with Gasteiger partial charge in [0.05, 0.1) is 12.6 Å². The lowest BCUT2D eigenvalue weighted by molar-refractivity contribution is -0.253. The highest BCUT2D eigenvalue weighted by Crippen LogP contribution is 2.50. The first-order valence-corrected chi connectivity index (χ1v) is 14.6. The summed E-state index contributed by atoms with van der Waals surface area (Å²) in [5.74, 6) is -3.51. The minimum Gasteiger partial charge on any atom is -0.483 e. The number of hydroxylamine groups is 2. The van der Waals surface area contributed by atoms with Crippen LogP contribution in [-0.2, 0) is 22.7 Å². The predicted molar refractivity (Wildman–Crippen MR) is 155 cm³/mol. The lowest BCUT2D eigenvalue weighted by atomic mass is 9.83. The molecule has 2 bridgehead atoms. The molecule has 2 aromatic carbocycles. The molecule has 45 heavy (non-hydrogen) atoms. The van der Waals surface area contributed by atoms with Crippen LogP contribution in [0.2, 0.25) is 0 Å². The summed E-state index contributed by atoms with van der Waals surface area (Å²) in [7, 11) is 1.29. The van der Waals surface area contributed by atoms with Crippen LogP contribution in [0, 0.1) is 18.6 Å². The van der Waals surface area contributed by atoms with Crippen molar-refractivity contribution in [2.45, 2.75) is 69.9 Å². The van der Waals surface area contributed by atoms with Gasteiger partial charge in [0.15, 0.2) is 23.8 Å². The third-order valence-corrected chi connectivity index (χ3v) is 9.13. The summed E-state index contributed by atoms with van der Waals surface area (Å²) in [6.45, 7) is 2.97. The molecule has 1 spiro atoms. The van der Waals surface area contributed by atoms with E-state index in [2.05, 4.69) is 0 Å². The zero-order valence-corrected chi connectivity index (χ0v) is 25.0. The first-order valence-electron chi connectivity index (χ1n) is 14.6. The van der Waals surface area contributed by atoms with Crippen LogP contribution in [-0.4, -0.2) is 64.0 Å². The Morgan fingerprint density at radius 2 is 1.91 bits per heavy atom. The third kappa shape index (κ3) is 5.08. The Morgan fingerprint density at radius 3 is 2.58 bits per heavy atom. The molecule has 6 rings (SSSR count). The standard InChI is InChI=1S/C32H33F3N4O6/c1-17-11-20(33)12-23(34)21(17)14-39-31(43-3)28(35)32(45-39)10-9-18(2)37-15-24(32)38-13-22(29(36)41)26(40)27(25(38)30(37)42)44-16-19-7-5-4-6-8-19/h4-8,11-13,18,24,28,31H,9-10,14-16H2,1-3H3,(H2,36,41)/t18-,24+,28-,31?,32+/m0/s1. The molecule has 238 valence electrons. The van der Waals surface area contributed by atoms with E-state index in [9.17, 15) is 23.2 Å². The van der Waals surface area contributed by atoms with E-state index in [1.165, 1.54) is 34.6 Å². The Hall–Kier alpha value is -4.20. The largest absolute Gasteiger partial charge is 0.483 e. The van der Waals surface area contributed by atoms with Crippen molar-refractivity contribution in [2.75, 3.05) is 13.7 Å². The summed E-state index contributed by atoms with van der Waals surface area (Å²) >= 11 is 0. The number of nitrogens with zero attached hydrogens (tertiary/aromatic N) is 3. The molecule has 3 aliphatic heterocycles. The van der Waals surface area contributed by atoms with Crippen molar-refractivity contribution in [3.05, 3.63) is 98.5 Å². The van der Waals surface area contributed by atoms with Gasteiger partial charge in [-0.2, -0.15) is 5.06 Å². The fraction of sp³-hybridized carbons (Fsp3) is 0.406. The van der Waals surface area contributed by atoms with E-state index in [1.807, 2.05) is 13.0 Å². The van der Waals surface area contributed by atoms with Gasteiger partial charge in [-0.1, -0.05) is 30.3 Å². The number of benzene rings is 2. The fourth-order valence-electron chi connectivity index (χ4n) is 6.71. The maximum atomic E-state index is 16.9. The molecule has 4 heterocycles. The molecule has 2 N–H and O–H groups in total. The number of fused-ring (bicyclic) bond motifs is 5. The van der Waals surface area contributed by atoms with E-state index in [1.54, 1.807) is 24.3 Å². The Kier molecular flexibility index (Phi) is 7.96. The van der Waals surface area contributed by atoms with Gasteiger partial charge in [0.25, 0.3) is 11.8 Å². The number of hydrogen-bond donors (Lipinski definition) is 1. The maximum absolute atomic E-state index is 16.9. The summed E-state index contributed by atoms with van der Waals surface area (Å²) in [6.07, 6.45) is -1.56. The van der Waals surface area contributed by atoms with E-state index in [0.29, 0.717) is 17.5 Å². The van der Waals surface area contributed by atoms with Crippen molar-refractivity contribution in [2.24, 2.45) is 5.73 Å². The molecule has 2 fully saturated rings. The van der Waals surface area contributed by atoms with Crippen molar-refractivity contribution >= 4 is 11.8 Å². The number of pyridine rings is 1. The molecule has 2 amide bonds. The number of aromatic nitrogens is 1. The van der Waals surface area contributed by atoms with Gasteiger partial charge >= 0.3 is 0 Å². The molecule has 1 unspecified atom stereocenters. The van der Waals surface area contributed by atoms with Gasteiger partial charge in [-0.15, -0.1) is 0 Å². The lowest BCUT2D eigenvalue weighted by Gasteiger charge is -2.43. The second kappa shape index (κ2) is 11.6. The topological polar surface area (TPSA) is 116 Å². The van der Waals surface area contributed by atoms with Crippen LogP contribution in [0.1, 0.15) is 63.3 Å². The highest BCUT2D eigenvalue weighted by atomic mass is 19.1. The summed E-state index contributed by atoms with van der Waals surface area (Å²) in [6, 6.07) is 9.48. The fourth-order valence-corrected chi connectivity index (χ4v) is 6.71. The highest BCUT2D eigenvalue weighted by molar-refractivity contribution is 5.99. The number of carbonyl (C=O) groups excluding carboxylic acids is 2. The van der Waals surface area contributed by atoms with Gasteiger partial charge < -0.3 is 24.7 Å². The van der Waals surface area contributed by atoms with Crippen molar-refractivity contribution in [1.29, 1.82) is 0 Å². The normalized spacial score (nSPS) is 26.2. The Bertz CT molecular complexity index is 1700. The van der Waals surface area contributed by atoms with Gasteiger partial charge in [-0.25, -0.2) is 13.2 Å². The van der Waals surface area contributed by atoms with Crippen molar-refractivity contribution in [1.82, 2.24) is 14.5 Å². The lowest BCUT2D eigenvalue weighted by Crippen LogP contribution is -2.55. The van der Waals surface area contributed by atoms with Crippen LogP contribution >= 0.6 is 0 Å². The van der Waals surface area contributed by atoms with E-state index >= 15 is 4.39 Å². The van der Waals surface area contributed by atoms with E-state index < -0.39 is 58.5 Å². The smallest absolute Gasteiger partial charge is 0.274 e. The number of carbonyl (C=O) groups is 2. The number of aryl methyl sites for hydroxylation is 1. The summed E-state index contributed by atoms with van der Waals surface area (Å²) in [5.41, 5.74) is 3.57. The van der Waals surface area contributed by atoms with Gasteiger partial charge in [0, 0.05) is 37.5 Å². The zero-order chi connectivity index (χ0) is 32.2. The van der Waals surface area contributed by atoms with E-state index in [-0.39, 0.29) is 49.2 Å². The number of nitrogens with two attached hydrogens (primary N) is 1. The van der Waals surface area contributed by atoms with Gasteiger partial charge in [0.1, 0.15) is 29.4 Å². The summed E-state index contributed by atoms with van der Waals surface area (Å²) < 4.78 is 58.5. The minimum atomic E-state index is -1.84. The molecule has 0 aliphatic carbocycles. The monoisotopic (exact) mass is 626 g/mol. The number of halogens is 3. The molecule has 2 saturated heterocycles. The SMILES string of the molecule is COC1[C@H](F)[C@]2(CC[C@H](C)N3C[C@H]2n2cc(C(N)=O)c(=O)c(OCc4ccccc4)c2C3=O)ON1Cc1c(C)cc(F)cc1F. The molecule has 0 radical (unpaired) electrons. The van der Waals surface area contributed by atoms with E-state index in [4.69, 9.17) is 20.0 Å². The molecular weight excluding hydrogens is 593 g/mol. The second-order valence-corrected chi connectivity index (χ2v) is 11.8. The number of methoxy groups -OCH3 is 1. The van der Waals surface area contributed by atoms with Gasteiger partial charge in [-0.05, 0) is 43.9 Å². The van der Waals surface area contributed by atoms with Crippen molar-refractivity contribution in [3.63, 3.8) is 0 Å². The van der Waals surface area contributed by atoms with Gasteiger partial charge in [0.2, 0.25) is 5.43 Å². The number of primary amides is 1. The van der Waals surface area contributed by atoms with Crippen LogP contribution in [0.5, 0.6) is 5.75 Å². The summed E-state index contributed by atoms with van der Waals surface area (Å²) in [4.78, 5) is 48.0. The number of ether oxygens (including phenoxy) is 2. The van der Waals surface area contributed by atoms with Crippen LogP contribution in [0.3, 0.4) is 0 Å². The number of hydrogen-bond acceptors (Lipinski definition) is 7. The average molecular weight is 627 g/mol. The third-order valence-electron chi connectivity index (χ3n) is 9.13. The minimum absolute atomic E-state index is 0.0270. The molecule has 13 heteroatoms. The number of amides is 2. The van der Waals surface area contributed by atoms with Crippen LogP contribution in [0.4, 0.5) is 13.2 Å². The van der Waals surface area contributed by atoms with Gasteiger partial charge in [-0.3, -0.25) is 19.2 Å². The van der Waals surface area contributed by atoms with E-state index in [0.717, 1.165) is 12.3 Å².